The predicted octanol–water partition coefficient (Wildman–Crippen LogP) is -2.10. The van der Waals surface area contributed by atoms with Gasteiger partial charge in [-0.15, -0.1) is 0 Å². The summed E-state index contributed by atoms with van der Waals surface area (Å²) in [5.74, 6) is -5.00. The van der Waals surface area contributed by atoms with E-state index >= 15 is 0 Å². The number of nitrogens with two attached hydrogens (primary N) is 3. The molecule has 0 aromatic heterocycles. The fraction of sp³-hybridized carbons (Fsp3) is 0.727. The van der Waals surface area contributed by atoms with Crippen LogP contribution in [0.25, 0.3) is 0 Å². The van der Waals surface area contributed by atoms with Gasteiger partial charge in [0.2, 0.25) is 35.4 Å². The topological polar surface area (TPSA) is 249 Å². The van der Waals surface area contributed by atoms with Gasteiger partial charge in [0, 0.05) is 18.8 Å². The van der Waals surface area contributed by atoms with Crippen molar-refractivity contribution in [3.63, 3.8) is 0 Å². The highest BCUT2D eigenvalue weighted by molar-refractivity contribution is 5.94. The highest BCUT2D eigenvalue weighted by atomic mass is 16.5. The van der Waals surface area contributed by atoms with Crippen molar-refractivity contribution in [3.05, 3.63) is 0 Å². The highest BCUT2D eigenvalue weighted by Gasteiger charge is 2.29. The number of rotatable bonds is 18. The molecule has 4 atom stereocenters. The largest absolute Gasteiger partial charge is 0.370 e. The van der Waals surface area contributed by atoms with Crippen molar-refractivity contribution in [2.45, 2.75) is 83.8 Å². The van der Waals surface area contributed by atoms with E-state index in [4.69, 9.17) is 22.4 Å². The lowest BCUT2D eigenvalue weighted by atomic mass is 9.93. The first-order valence-electron chi connectivity index (χ1n) is 11.9. The van der Waals surface area contributed by atoms with Gasteiger partial charge in [-0.25, -0.2) is 5.48 Å². The van der Waals surface area contributed by atoms with E-state index in [1.54, 1.807) is 0 Å². The summed E-state index contributed by atoms with van der Waals surface area (Å²) in [6, 6.07) is -3.33. The number of hydroxylamine groups is 1. The van der Waals surface area contributed by atoms with Crippen LogP contribution in [-0.4, -0.2) is 65.3 Å². The van der Waals surface area contributed by atoms with Crippen molar-refractivity contribution in [1.82, 2.24) is 21.4 Å². The van der Waals surface area contributed by atoms with Gasteiger partial charge in [-0.1, -0.05) is 13.8 Å². The van der Waals surface area contributed by atoms with Crippen LogP contribution in [0.3, 0.4) is 0 Å². The van der Waals surface area contributed by atoms with Crippen molar-refractivity contribution in [2.75, 3.05) is 6.54 Å². The standard InChI is InChI=1S/C22H41N7O7/c1-12(2)10-14(11-18(31)29-36)21(34)26-13(3)20(33)28-16(7-8-17(24)30)22(35)27-15(19(25)32)6-4-5-9-23/h12-16,36H,4-11,23H2,1-3H3,(H2,24,30)(H2,25,32)(H,26,34)(H,27,35)(H,28,33)(H,29,31)/t13-,14+,15-,16-/m0/s1. The van der Waals surface area contributed by atoms with Gasteiger partial charge in [-0.2, -0.15) is 0 Å². The molecule has 36 heavy (non-hydrogen) atoms. The van der Waals surface area contributed by atoms with Crippen molar-refractivity contribution >= 4 is 35.4 Å². The van der Waals surface area contributed by atoms with Gasteiger partial charge in [-0.3, -0.25) is 34.0 Å². The van der Waals surface area contributed by atoms with E-state index in [-0.39, 0.29) is 31.6 Å². The smallest absolute Gasteiger partial charge is 0.244 e. The fourth-order valence-corrected chi connectivity index (χ4v) is 3.42. The van der Waals surface area contributed by atoms with Gasteiger partial charge in [-0.05, 0) is 51.5 Å². The van der Waals surface area contributed by atoms with Crippen LogP contribution < -0.4 is 38.6 Å². The molecule has 0 aliphatic rings. The molecule has 14 nitrogen and oxygen atoms in total. The first-order chi connectivity index (χ1) is 16.8. The Labute approximate surface area is 210 Å². The number of unbranched alkanes of at least 4 members (excludes halogenated alkanes) is 1. The molecule has 0 radical (unpaired) electrons. The van der Waals surface area contributed by atoms with Gasteiger partial charge in [0.15, 0.2) is 0 Å². The number of carbonyl (C=O) groups is 6. The molecule has 0 aliphatic heterocycles. The lowest BCUT2D eigenvalue weighted by Crippen LogP contribution is -2.56. The lowest BCUT2D eigenvalue weighted by Gasteiger charge is -2.24. The van der Waals surface area contributed by atoms with Crippen molar-refractivity contribution in [2.24, 2.45) is 29.0 Å². The van der Waals surface area contributed by atoms with Crippen molar-refractivity contribution < 1.29 is 34.0 Å². The molecule has 0 bridgehead atoms. The van der Waals surface area contributed by atoms with E-state index in [2.05, 4.69) is 16.0 Å². The predicted molar refractivity (Wildman–Crippen MR) is 129 cm³/mol. The molecule has 0 rings (SSSR count). The number of nitrogens with one attached hydrogen (secondary N) is 4. The molecule has 0 aromatic carbocycles. The first kappa shape index (κ1) is 32.7. The number of primary amides is 2. The van der Waals surface area contributed by atoms with Crippen LogP contribution in [-0.2, 0) is 28.8 Å². The summed E-state index contributed by atoms with van der Waals surface area (Å²) >= 11 is 0. The quantitative estimate of drug-likeness (QED) is 0.0568. The Kier molecular flexibility index (Phi) is 15.7. The van der Waals surface area contributed by atoms with E-state index in [1.807, 2.05) is 13.8 Å². The van der Waals surface area contributed by atoms with E-state index in [0.29, 0.717) is 25.8 Å². The zero-order valence-corrected chi connectivity index (χ0v) is 21.2. The monoisotopic (exact) mass is 515 g/mol. The third-order valence-electron chi connectivity index (χ3n) is 5.35. The second-order valence-corrected chi connectivity index (χ2v) is 9.11. The van der Waals surface area contributed by atoms with Crippen LogP contribution in [0.5, 0.6) is 0 Å². The summed E-state index contributed by atoms with van der Waals surface area (Å²) in [7, 11) is 0. The average molecular weight is 516 g/mol. The van der Waals surface area contributed by atoms with Gasteiger partial charge >= 0.3 is 0 Å². The zero-order valence-electron chi connectivity index (χ0n) is 21.2. The molecule has 6 amide bonds. The zero-order chi connectivity index (χ0) is 27.8. The summed E-state index contributed by atoms with van der Waals surface area (Å²) in [6.45, 7) is 5.49. The van der Waals surface area contributed by atoms with E-state index in [9.17, 15) is 28.8 Å². The number of carbonyl (C=O) groups excluding carboxylic acids is 6. The minimum Gasteiger partial charge on any atom is -0.370 e. The third-order valence-corrected chi connectivity index (χ3v) is 5.35. The molecular formula is C22H41N7O7. The summed E-state index contributed by atoms with van der Waals surface area (Å²) in [4.78, 5) is 72.8. The Balaban J connectivity index is 5.35. The molecule has 0 heterocycles. The summed E-state index contributed by atoms with van der Waals surface area (Å²) in [6.07, 6.45) is 1.09. The number of hydrogen-bond donors (Lipinski definition) is 8. The maximum atomic E-state index is 12.8. The highest BCUT2D eigenvalue weighted by Crippen LogP contribution is 2.16. The summed E-state index contributed by atoms with van der Waals surface area (Å²) < 4.78 is 0. The average Bonchev–Trinajstić information content (AvgIpc) is 2.79. The first-order valence-corrected chi connectivity index (χ1v) is 11.9. The fourth-order valence-electron chi connectivity index (χ4n) is 3.42. The van der Waals surface area contributed by atoms with Crippen LogP contribution in [0, 0.1) is 11.8 Å². The maximum Gasteiger partial charge on any atom is 0.244 e. The molecule has 0 spiro atoms. The number of hydrogen-bond acceptors (Lipinski definition) is 8. The van der Waals surface area contributed by atoms with E-state index in [0.717, 1.165) is 0 Å². The van der Waals surface area contributed by atoms with Gasteiger partial charge < -0.3 is 33.2 Å². The van der Waals surface area contributed by atoms with Gasteiger partial charge in [0.25, 0.3) is 0 Å². The minimum absolute atomic E-state index is 0.0568. The van der Waals surface area contributed by atoms with Crippen LogP contribution in [0.4, 0.5) is 0 Å². The molecule has 206 valence electrons. The molecular weight excluding hydrogens is 474 g/mol. The molecule has 0 aliphatic carbocycles. The molecule has 0 unspecified atom stereocenters. The Hall–Kier alpha value is -3.26. The van der Waals surface area contributed by atoms with Crippen LogP contribution in [0.2, 0.25) is 0 Å². The molecule has 0 saturated carbocycles. The Bertz CT molecular complexity index is 776. The van der Waals surface area contributed by atoms with E-state index < -0.39 is 59.5 Å². The Morgan fingerprint density at radius 2 is 1.42 bits per heavy atom. The van der Waals surface area contributed by atoms with Crippen LogP contribution in [0.15, 0.2) is 0 Å². The summed E-state index contributed by atoms with van der Waals surface area (Å²) in [5.41, 5.74) is 17.5. The Morgan fingerprint density at radius 1 is 0.806 bits per heavy atom. The van der Waals surface area contributed by atoms with Crippen molar-refractivity contribution in [1.29, 1.82) is 0 Å². The molecule has 14 heteroatoms. The molecule has 0 saturated heterocycles. The lowest BCUT2D eigenvalue weighted by molar-refractivity contribution is -0.137. The maximum absolute atomic E-state index is 12.8. The van der Waals surface area contributed by atoms with Crippen LogP contribution in [0.1, 0.15) is 65.7 Å². The second-order valence-electron chi connectivity index (χ2n) is 9.11. The van der Waals surface area contributed by atoms with Crippen molar-refractivity contribution in [3.8, 4) is 0 Å². The third kappa shape index (κ3) is 13.6. The van der Waals surface area contributed by atoms with Gasteiger partial charge in [0.05, 0.1) is 0 Å². The van der Waals surface area contributed by atoms with Crippen LogP contribution >= 0.6 is 0 Å². The molecule has 0 fully saturated rings. The van der Waals surface area contributed by atoms with Gasteiger partial charge in [0.1, 0.15) is 18.1 Å². The minimum atomic E-state index is -1.23. The molecule has 11 N–H and O–H groups in total. The number of amides is 6. The second kappa shape index (κ2) is 17.2. The Morgan fingerprint density at radius 3 is 1.92 bits per heavy atom. The molecule has 0 aromatic rings. The normalized spacial score (nSPS) is 14.2. The summed E-state index contributed by atoms with van der Waals surface area (Å²) in [5, 5.41) is 16.2. The SMILES string of the molecule is CC(C)C[C@H](CC(=O)NO)C(=O)N[C@@H](C)C(=O)N[C@@H](CCC(N)=O)C(=O)N[C@@H](CCCCN)C(N)=O. The van der Waals surface area contributed by atoms with E-state index in [1.165, 1.54) is 12.4 Å².